The van der Waals surface area contributed by atoms with Gasteiger partial charge in [-0.1, -0.05) is 24.3 Å². The minimum atomic E-state index is -0.867. The number of piperidine rings is 1. The second-order valence-electron chi connectivity index (χ2n) is 13.5. The van der Waals surface area contributed by atoms with Crippen LogP contribution in [0.2, 0.25) is 0 Å². The van der Waals surface area contributed by atoms with E-state index in [0.29, 0.717) is 49.5 Å². The fraction of sp³-hybridized carbons (Fsp3) is 0.405. The van der Waals surface area contributed by atoms with Crippen molar-refractivity contribution in [1.29, 1.82) is 0 Å². The largest absolute Gasteiger partial charge is 0.497 e. The van der Waals surface area contributed by atoms with E-state index in [-0.39, 0.29) is 31.4 Å². The number of hydrogen-bond donors (Lipinski definition) is 1. The molecule has 4 aromatic rings. The Kier molecular flexibility index (Phi) is 9.76. The summed E-state index contributed by atoms with van der Waals surface area (Å²) >= 11 is 0. The minimum absolute atomic E-state index is 0.0979. The fourth-order valence-corrected chi connectivity index (χ4v) is 6.39. The number of nitrogens with one attached hydrogen (secondary N) is 1. The summed E-state index contributed by atoms with van der Waals surface area (Å²) in [6.07, 6.45) is 0.00562. The molecule has 3 aromatic carbocycles. The summed E-state index contributed by atoms with van der Waals surface area (Å²) in [6.45, 7) is 8.13. The highest BCUT2D eigenvalue weighted by Gasteiger charge is 2.38. The summed E-state index contributed by atoms with van der Waals surface area (Å²) in [7, 11) is 3.18. The van der Waals surface area contributed by atoms with Crippen LogP contribution in [0.15, 0.2) is 71.5 Å². The molecule has 1 unspecified atom stereocenters. The number of ether oxygens (including phenoxy) is 3. The molecule has 13 nitrogen and oxygen atoms in total. The molecule has 0 spiro atoms. The van der Waals surface area contributed by atoms with Crippen LogP contribution in [-0.4, -0.2) is 83.0 Å². The SMILES string of the molecule is COc1ccc(CNn2c(=O)n(C3CCC(=O)N(Cc4ccc(OC)cc4)C3=O)c3ccc(N4CCN(C(=O)OC(C)(C)C)CC4)cc32)cc1. The molecule has 2 aliphatic rings. The van der Waals surface area contributed by atoms with Gasteiger partial charge in [-0.05, 0) is 80.8 Å². The van der Waals surface area contributed by atoms with Crippen LogP contribution in [0, 0.1) is 0 Å². The van der Waals surface area contributed by atoms with Crippen molar-refractivity contribution in [3.63, 3.8) is 0 Å². The Bertz CT molecular complexity index is 1920. The lowest BCUT2D eigenvalue weighted by atomic mass is 10.0. The van der Waals surface area contributed by atoms with Gasteiger partial charge in [0.05, 0.1) is 38.3 Å². The van der Waals surface area contributed by atoms with Gasteiger partial charge in [0.25, 0.3) is 5.91 Å². The van der Waals surface area contributed by atoms with Crippen LogP contribution in [0.1, 0.15) is 50.8 Å². The first-order valence-electron chi connectivity index (χ1n) is 16.8. The maximum atomic E-state index is 14.3. The molecule has 3 amide bonds. The van der Waals surface area contributed by atoms with E-state index >= 15 is 0 Å². The van der Waals surface area contributed by atoms with E-state index in [1.54, 1.807) is 31.3 Å². The van der Waals surface area contributed by atoms with E-state index in [1.165, 1.54) is 14.1 Å². The van der Waals surface area contributed by atoms with E-state index < -0.39 is 23.2 Å². The normalized spacial score (nSPS) is 16.9. The van der Waals surface area contributed by atoms with Gasteiger partial charge >= 0.3 is 11.8 Å². The van der Waals surface area contributed by atoms with Gasteiger partial charge in [0.15, 0.2) is 0 Å². The molecule has 1 aromatic heterocycles. The summed E-state index contributed by atoms with van der Waals surface area (Å²) in [5.41, 5.74) is 6.06. The summed E-state index contributed by atoms with van der Waals surface area (Å²) in [6, 6.07) is 19.6. The highest BCUT2D eigenvalue weighted by molar-refractivity contribution is 6.00. The molecular formula is C37H44N6O7. The molecule has 0 aliphatic carbocycles. The zero-order chi connectivity index (χ0) is 35.6. The van der Waals surface area contributed by atoms with Gasteiger partial charge in [-0.2, -0.15) is 0 Å². The van der Waals surface area contributed by atoms with Crippen LogP contribution in [-0.2, 0) is 27.4 Å². The van der Waals surface area contributed by atoms with Gasteiger partial charge in [0.1, 0.15) is 23.1 Å². The van der Waals surface area contributed by atoms with E-state index in [1.807, 2.05) is 75.4 Å². The number of carbonyl (C=O) groups is 3. The molecule has 2 saturated heterocycles. The molecule has 13 heteroatoms. The highest BCUT2D eigenvalue weighted by Crippen LogP contribution is 2.30. The van der Waals surface area contributed by atoms with Gasteiger partial charge in [-0.3, -0.25) is 19.1 Å². The zero-order valence-electron chi connectivity index (χ0n) is 29.2. The lowest BCUT2D eigenvalue weighted by Crippen LogP contribution is -2.50. The number of rotatable bonds is 9. The summed E-state index contributed by atoms with van der Waals surface area (Å²) in [5, 5.41) is 0. The molecule has 0 radical (unpaired) electrons. The molecular weight excluding hydrogens is 640 g/mol. The van der Waals surface area contributed by atoms with Crippen LogP contribution in [0.25, 0.3) is 11.0 Å². The van der Waals surface area contributed by atoms with E-state index in [4.69, 9.17) is 14.2 Å². The average Bonchev–Trinajstić information content (AvgIpc) is 3.38. The molecule has 2 aliphatic heterocycles. The first-order chi connectivity index (χ1) is 24.0. The number of piperazine rings is 1. The highest BCUT2D eigenvalue weighted by atomic mass is 16.6. The number of fused-ring (bicyclic) bond motifs is 1. The van der Waals surface area contributed by atoms with Gasteiger partial charge in [0.2, 0.25) is 5.91 Å². The maximum absolute atomic E-state index is 14.3. The number of hydrogen-bond acceptors (Lipinski definition) is 9. The van der Waals surface area contributed by atoms with Crippen molar-refractivity contribution in [2.45, 2.75) is 58.3 Å². The third-order valence-corrected chi connectivity index (χ3v) is 9.05. The Morgan fingerprint density at radius 3 is 2.04 bits per heavy atom. The van der Waals surface area contributed by atoms with Crippen molar-refractivity contribution < 1.29 is 28.6 Å². The summed E-state index contributed by atoms with van der Waals surface area (Å²) in [4.78, 5) is 59.1. The number of likely N-dealkylation sites (tertiary alicyclic amines) is 1. The van der Waals surface area contributed by atoms with Crippen LogP contribution >= 0.6 is 0 Å². The molecule has 2 fully saturated rings. The number of benzene rings is 3. The van der Waals surface area contributed by atoms with Crippen LogP contribution < -0.4 is 25.5 Å². The van der Waals surface area contributed by atoms with Crippen molar-refractivity contribution in [2.24, 2.45) is 0 Å². The number of methoxy groups -OCH3 is 2. The number of imidazole rings is 1. The third kappa shape index (κ3) is 7.26. The molecule has 1 N–H and O–H groups in total. The molecule has 0 saturated carbocycles. The first kappa shape index (κ1) is 34.4. The fourth-order valence-electron chi connectivity index (χ4n) is 6.39. The van der Waals surface area contributed by atoms with Crippen molar-refractivity contribution in [1.82, 2.24) is 19.0 Å². The second kappa shape index (κ2) is 14.2. The Morgan fingerprint density at radius 1 is 0.820 bits per heavy atom. The summed E-state index contributed by atoms with van der Waals surface area (Å²) in [5.74, 6) is 0.706. The Labute approximate surface area is 290 Å². The van der Waals surface area contributed by atoms with Crippen LogP contribution in [0.3, 0.4) is 0 Å². The van der Waals surface area contributed by atoms with Crippen molar-refractivity contribution in [2.75, 3.05) is 50.7 Å². The van der Waals surface area contributed by atoms with E-state index in [2.05, 4.69) is 10.3 Å². The number of aromatic nitrogens is 2. The lowest BCUT2D eigenvalue weighted by Gasteiger charge is -2.36. The van der Waals surface area contributed by atoms with Crippen LogP contribution in [0.5, 0.6) is 11.5 Å². The van der Waals surface area contributed by atoms with Crippen molar-refractivity contribution >= 4 is 34.6 Å². The van der Waals surface area contributed by atoms with Crippen molar-refractivity contribution in [3.05, 3.63) is 88.3 Å². The topological polar surface area (TPSA) is 128 Å². The zero-order valence-corrected chi connectivity index (χ0v) is 29.2. The Morgan fingerprint density at radius 2 is 1.44 bits per heavy atom. The standard InChI is InChI=1S/C37H44N6O7/c1-37(2,3)50-36(47)40-20-18-39(19-21-40)27-10-15-30-32(22-27)43(38-23-25-6-11-28(48-4)12-7-25)35(46)42(30)31-16-17-33(44)41(34(31)45)24-26-8-13-29(49-5)14-9-26/h6-15,22,31,38H,16-21,23-24H2,1-5H3. The number of nitrogens with zero attached hydrogens (tertiary/aromatic N) is 5. The van der Waals surface area contributed by atoms with E-state index in [0.717, 1.165) is 22.6 Å². The third-order valence-electron chi connectivity index (χ3n) is 9.05. The first-order valence-corrected chi connectivity index (χ1v) is 16.8. The quantitative estimate of drug-likeness (QED) is 0.254. The lowest BCUT2D eigenvalue weighted by molar-refractivity contribution is -0.151. The second-order valence-corrected chi connectivity index (χ2v) is 13.5. The van der Waals surface area contributed by atoms with E-state index in [9.17, 15) is 19.2 Å². The smallest absolute Gasteiger partial charge is 0.410 e. The molecule has 6 rings (SSSR count). The van der Waals surface area contributed by atoms with Gasteiger partial charge in [0, 0.05) is 38.3 Å². The Hall–Kier alpha value is -5.46. The van der Waals surface area contributed by atoms with Gasteiger partial charge in [-0.25, -0.2) is 14.3 Å². The average molecular weight is 685 g/mol. The number of carbonyl (C=O) groups excluding carboxylic acids is 3. The molecule has 50 heavy (non-hydrogen) atoms. The molecule has 0 bridgehead atoms. The van der Waals surface area contributed by atoms with Gasteiger partial charge < -0.3 is 29.4 Å². The maximum Gasteiger partial charge on any atom is 0.410 e. The van der Waals surface area contributed by atoms with Gasteiger partial charge in [-0.15, -0.1) is 0 Å². The molecule has 3 heterocycles. The summed E-state index contributed by atoms with van der Waals surface area (Å²) < 4.78 is 19.1. The predicted octanol–water partition coefficient (Wildman–Crippen LogP) is 4.51. The molecule has 1 atom stereocenters. The van der Waals surface area contributed by atoms with Crippen LogP contribution in [0.4, 0.5) is 10.5 Å². The minimum Gasteiger partial charge on any atom is -0.497 e. The van der Waals surface area contributed by atoms with Crippen molar-refractivity contribution in [3.8, 4) is 11.5 Å². The number of amides is 3. The molecule has 264 valence electrons. The number of imide groups is 1. The predicted molar refractivity (Wildman–Crippen MR) is 189 cm³/mol. The Balaban J connectivity index is 1.31. The number of anilines is 1. The monoisotopic (exact) mass is 684 g/mol.